The van der Waals surface area contributed by atoms with Crippen LogP contribution in [-0.4, -0.2) is 51.9 Å². The summed E-state index contributed by atoms with van der Waals surface area (Å²) in [6.07, 6.45) is -1.19. The van der Waals surface area contributed by atoms with Gasteiger partial charge in [-0.25, -0.2) is 9.59 Å². The van der Waals surface area contributed by atoms with Crippen molar-refractivity contribution in [3.63, 3.8) is 0 Å². The SMILES string of the molecule is CCNC(=O)NC(=O)[C@@H](C)OC(=O)c1cc(OC)c(OC)cc1OC. The van der Waals surface area contributed by atoms with E-state index in [1.807, 2.05) is 0 Å². The summed E-state index contributed by atoms with van der Waals surface area (Å²) < 4.78 is 20.5. The number of hydrogen-bond acceptors (Lipinski definition) is 7. The number of imide groups is 1. The van der Waals surface area contributed by atoms with E-state index < -0.39 is 24.0 Å². The molecular formula is C16H22N2O7. The number of benzene rings is 1. The van der Waals surface area contributed by atoms with Crippen molar-refractivity contribution in [2.75, 3.05) is 27.9 Å². The van der Waals surface area contributed by atoms with Crippen molar-refractivity contribution in [2.45, 2.75) is 20.0 Å². The topological polar surface area (TPSA) is 112 Å². The van der Waals surface area contributed by atoms with Crippen LogP contribution in [0, 0.1) is 0 Å². The predicted octanol–water partition coefficient (Wildman–Crippen LogP) is 1.10. The monoisotopic (exact) mass is 354 g/mol. The lowest BCUT2D eigenvalue weighted by molar-refractivity contribution is -0.127. The number of carbonyl (C=O) groups is 3. The van der Waals surface area contributed by atoms with E-state index in [0.29, 0.717) is 18.0 Å². The fraction of sp³-hybridized carbons (Fsp3) is 0.438. The van der Waals surface area contributed by atoms with Crippen molar-refractivity contribution in [1.82, 2.24) is 10.6 Å². The number of nitrogens with one attached hydrogen (secondary N) is 2. The van der Waals surface area contributed by atoms with Gasteiger partial charge in [0.2, 0.25) is 0 Å². The number of urea groups is 1. The molecular weight excluding hydrogens is 332 g/mol. The van der Waals surface area contributed by atoms with E-state index in [1.54, 1.807) is 6.92 Å². The summed E-state index contributed by atoms with van der Waals surface area (Å²) >= 11 is 0. The molecule has 9 heteroatoms. The second-order valence-corrected chi connectivity index (χ2v) is 4.80. The molecule has 0 spiro atoms. The van der Waals surface area contributed by atoms with Gasteiger partial charge in [0.1, 0.15) is 11.3 Å². The van der Waals surface area contributed by atoms with Gasteiger partial charge >= 0.3 is 12.0 Å². The fourth-order valence-corrected chi connectivity index (χ4v) is 1.88. The fourth-order valence-electron chi connectivity index (χ4n) is 1.88. The van der Waals surface area contributed by atoms with Gasteiger partial charge in [-0.2, -0.15) is 0 Å². The van der Waals surface area contributed by atoms with Crippen molar-refractivity contribution < 1.29 is 33.3 Å². The van der Waals surface area contributed by atoms with E-state index in [4.69, 9.17) is 18.9 Å². The lowest BCUT2D eigenvalue weighted by Gasteiger charge is -2.16. The summed E-state index contributed by atoms with van der Waals surface area (Å²) in [4.78, 5) is 35.5. The third kappa shape index (κ3) is 5.27. The molecule has 0 aliphatic rings. The van der Waals surface area contributed by atoms with Crippen LogP contribution in [0.15, 0.2) is 12.1 Å². The summed E-state index contributed by atoms with van der Waals surface area (Å²) in [6.45, 7) is 3.41. The Bertz CT molecular complexity index is 646. The zero-order chi connectivity index (χ0) is 19.0. The summed E-state index contributed by atoms with van der Waals surface area (Å²) in [5, 5.41) is 4.47. The first-order valence-corrected chi connectivity index (χ1v) is 7.47. The second kappa shape index (κ2) is 9.36. The van der Waals surface area contributed by atoms with Gasteiger partial charge < -0.3 is 24.3 Å². The van der Waals surface area contributed by atoms with Crippen molar-refractivity contribution in [2.24, 2.45) is 0 Å². The van der Waals surface area contributed by atoms with Crippen LogP contribution in [0.25, 0.3) is 0 Å². The molecule has 138 valence electrons. The van der Waals surface area contributed by atoms with Gasteiger partial charge in [-0.3, -0.25) is 10.1 Å². The number of amides is 3. The van der Waals surface area contributed by atoms with Crippen LogP contribution in [0.4, 0.5) is 4.79 Å². The predicted molar refractivity (Wildman–Crippen MR) is 88.2 cm³/mol. The van der Waals surface area contributed by atoms with E-state index in [1.165, 1.54) is 40.4 Å². The highest BCUT2D eigenvalue weighted by Crippen LogP contribution is 2.35. The lowest BCUT2D eigenvalue weighted by Crippen LogP contribution is -2.44. The van der Waals surface area contributed by atoms with Crippen LogP contribution in [0.2, 0.25) is 0 Å². The number of esters is 1. The molecule has 25 heavy (non-hydrogen) atoms. The van der Waals surface area contributed by atoms with Crippen molar-refractivity contribution in [3.8, 4) is 17.2 Å². The Balaban J connectivity index is 2.92. The van der Waals surface area contributed by atoms with Gasteiger partial charge in [0.25, 0.3) is 5.91 Å². The van der Waals surface area contributed by atoms with Gasteiger partial charge in [0, 0.05) is 18.7 Å². The Kier molecular flexibility index (Phi) is 7.51. The molecule has 0 bridgehead atoms. The maximum atomic E-state index is 12.3. The first-order valence-electron chi connectivity index (χ1n) is 7.47. The maximum absolute atomic E-state index is 12.3. The molecule has 2 N–H and O–H groups in total. The molecule has 0 aliphatic carbocycles. The van der Waals surface area contributed by atoms with Gasteiger partial charge in [-0.15, -0.1) is 0 Å². The smallest absolute Gasteiger partial charge is 0.342 e. The second-order valence-electron chi connectivity index (χ2n) is 4.80. The van der Waals surface area contributed by atoms with E-state index >= 15 is 0 Å². The quantitative estimate of drug-likeness (QED) is 0.705. The molecule has 0 unspecified atom stereocenters. The van der Waals surface area contributed by atoms with E-state index in [9.17, 15) is 14.4 Å². The Hall–Kier alpha value is -2.97. The summed E-state index contributed by atoms with van der Waals surface area (Å²) in [6, 6.07) is 2.18. The van der Waals surface area contributed by atoms with Gasteiger partial charge in [0.15, 0.2) is 17.6 Å². The third-order valence-electron chi connectivity index (χ3n) is 3.15. The Morgan fingerprint density at radius 2 is 1.56 bits per heavy atom. The maximum Gasteiger partial charge on any atom is 0.342 e. The van der Waals surface area contributed by atoms with Crippen LogP contribution in [0.5, 0.6) is 17.2 Å². The standard InChI is InChI=1S/C16H22N2O7/c1-6-17-16(21)18-14(19)9(2)25-15(20)10-7-12(23-4)13(24-5)8-11(10)22-3/h7-9H,6H2,1-5H3,(H2,17,18,19,21)/t9-/m1/s1. The van der Waals surface area contributed by atoms with Crippen molar-refractivity contribution in [1.29, 1.82) is 0 Å². The minimum absolute atomic E-state index is 0.0535. The number of rotatable bonds is 7. The number of methoxy groups -OCH3 is 3. The van der Waals surface area contributed by atoms with Crippen LogP contribution in [-0.2, 0) is 9.53 Å². The summed E-state index contributed by atoms with van der Waals surface area (Å²) in [5.41, 5.74) is 0.0535. The molecule has 0 aliphatic heterocycles. The highest BCUT2D eigenvalue weighted by molar-refractivity contribution is 5.99. The zero-order valence-electron chi connectivity index (χ0n) is 14.8. The Morgan fingerprint density at radius 3 is 2.08 bits per heavy atom. The lowest BCUT2D eigenvalue weighted by atomic mass is 10.1. The molecule has 0 radical (unpaired) electrons. The van der Waals surface area contributed by atoms with Gasteiger partial charge in [-0.1, -0.05) is 0 Å². The minimum Gasteiger partial charge on any atom is -0.496 e. The highest BCUT2D eigenvalue weighted by Gasteiger charge is 2.24. The molecule has 9 nitrogen and oxygen atoms in total. The summed E-state index contributed by atoms with van der Waals surface area (Å²) in [5.74, 6) is -0.693. The number of hydrogen-bond donors (Lipinski definition) is 2. The van der Waals surface area contributed by atoms with E-state index in [0.717, 1.165) is 0 Å². The molecule has 0 aromatic heterocycles. The van der Waals surface area contributed by atoms with E-state index in [2.05, 4.69) is 10.6 Å². The highest BCUT2D eigenvalue weighted by atomic mass is 16.6. The Labute approximate surface area is 145 Å². The van der Waals surface area contributed by atoms with Gasteiger partial charge in [0.05, 0.1) is 21.3 Å². The normalized spacial score (nSPS) is 11.1. The molecule has 1 rings (SSSR count). The molecule has 1 aromatic carbocycles. The average molecular weight is 354 g/mol. The molecule has 0 fully saturated rings. The van der Waals surface area contributed by atoms with Crippen LogP contribution >= 0.6 is 0 Å². The number of carbonyl (C=O) groups excluding carboxylic acids is 3. The first kappa shape index (κ1) is 20.1. The largest absolute Gasteiger partial charge is 0.496 e. The average Bonchev–Trinajstić information content (AvgIpc) is 2.60. The molecule has 0 saturated carbocycles. The van der Waals surface area contributed by atoms with Crippen LogP contribution < -0.4 is 24.8 Å². The minimum atomic E-state index is -1.19. The number of ether oxygens (including phenoxy) is 4. The van der Waals surface area contributed by atoms with Crippen molar-refractivity contribution >= 4 is 17.9 Å². The molecule has 1 aromatic rings. The zero-order valence-corrected chi connectivity index (χ0v) is 14.8. The summed E-state index contributed by atoms with van der Waals surface area (Å²) in [7, 11) is 4.24. The van der Waals surface area contributed by atoms with Crippen LogP contribution in [0.1, 0.15) is 24.2 Å². The van der Waals surface area contributed by atoms with Crippen molar-refractivity contribution in [3.05, 3.63) is 17.7 Å². The molecule has 0 heterocycles. The van der Waals surface area contributed by atoms with E-state index in [-0.39, 0.29) is 11.3 Å². The molecule has 1 atom stereocenters. The molecule has 0 saturated heterocycles. The van der Waals surface area contributed by atoms with Gasteiger partial charge in [-0.05, 0) is 13.8 Å². The molecule has 3 amide bonds. The third-order valence-corrected chi connectivity index (χ3v) is 3.15. The van der Waals surface area contributed by atoms with Crippen LogP contribution in [0.3, 0.4) is 0 Å². The first-order chi connectivity index (χ1) is 11.9. The Morgan fingerprint density at radius 1 is 1.00 bits per heavy atom.